The zero-order chi connectivity index (χ0) is 26.2. The van der Waals surface area contributed by atoms with Crippen LogP contribution in [0.5, 0.6) is 0 Å². The first-order valence-corrected chi connectivity index (χ1v) is 11.9. The van der Waals surface area contributed by atoms with E-state index < -0.39 is 0 Å². The van der Waals surface area contributed by atoms with Crippen LogP contribution in [0.2, 0.25) is 0 Å². The Hall–Kier alpha value is -4.54. The van der Waals surface area contributed by atoms with Gasteiger partial charge in [0.25, 0.3) is 5.91 Å². The number of unbranched alkanes of at least 4 members (excludes halogenated alkanes) is 1. The number of rotatable bonds is 10. The van der Waals surface area contributed by atoms with Gasteiger partial charge in [-0.2, -0.15) is 5.10 Å². The van der Waals surface area contributed by atoms with Crippen LogP contribution >= 0.6 is 0 Å². The molecule has 0 aliphatic rings. The van der Waals surface area contributed by atoms with Crippen LogP contribution in [0, 0.1) is 12.7 Å². The highest BCUT2D eigenvalue weighted by Gasteiger charge is 2.11. The molecule has 1 aromatic carbocycles. The Balaban J connectivity index is 1.25. The van der Waals surface area contributed by atoms with Crippen LogP contribution in [0.15, 0.2) is 54.9 Å². The lowest BCUT2D eigenvalue weighted by molar-refractivity contribution is -0.115. The molecule has 37 heavy (non-hydrogen) atoms. The number of aryl methyl sites for hydroxylation is 3. The number of carbonyl (C=O) groups is 2. The summed E-state index contributed by atoms with van der Waals surface area (Å²) >= 11 is 0. The lowest BCUT2D eigenvalue weighted by Crippen LogP contribution is -2.18. The molecular formula is C26H27FN8O2. The van der Waals surface area contributed by atoms with E-state index >= 15 is 0 Å². The van der Waals surface area contributed by atoms with E-state index in [1.54, 1.807) is 48.4 Å². The van der Waals surface area contributed by atoms with E-state index in [4.69, 9.17) is 0 Å². The van der Waals surface area contributed by atoms with Gasteiger partial charge in [-0.1, -0.05) is 11.3 Å². The van der Waals surface area contributed by atoms with Crippen molar-refractivity contribution in [1.82, 2.24) is 35.5 Å². The highest BCUT2D eigenvalue weighted by atomic mass is 19.1. The SMILES string of the molecule is CNC(=O)c1cn(CCCCc2ccc(NC(=O)Cc3cc(-c4cc(F)ccc4C)ccn3)nn2)nn1. The molecule has 3 heterocycles. The molecule has 4 aromatic rings. The summed E-state index contributed by atoms with van der Waals surface area (Å²) in [6.45, 7) is 2.55. The van der Waals surface area contributed by atoms with Crippen LogP contribution in [-0.2, 0) is 24.2 Å². The van der Waals surface area contributed by atoms with Gasteiger partial charge in [-0.3, -0.25) is 19.3 Å². The molecule has 0 unspecified atom stereocenters. The number of hydrogen-bond donors (Lipinski definition) is 2. The van der Waals surface area contributed by atoms with Crippen molar-refractivity contribution >= 4 is 17.6 Å². The summed E-state index contributed by atoms with van der Waals surface area (Å²) < 4.78 is 15.3. The third kappa shape index (κ3) is 7.00. The Morgan fingerprint density at radius 3 is 2.65 bits per heavy atom. The van der Waals surface area contributed by atoms with Crippen molar-refractivity contribution in [2.75, 3.05) is 12.4 Å². The van der Waals surface area contributed by atoms with E-state index in [-0.39, 0.29) is 29.7 Å². The number of anilines is 1. The zero-order valence-electron chi connectivity index (χ0n) is 20.6. The summed E-state index contributed by atoms with van der Waals surface area (Å²) in [6.07, 6.45) is 5.68. The fraction of sp³-hybridized carbons (Fsp3) is 0.269. The molecule has 4 rings (SSSR count). The maximum Gasteiger partial charge on any atom is 0.273 e. The van der Waals surface area contributed by atoms with Crippen molar-refractivity contribution in [2.24, 2.45) is 0 Å². The molecule has 190 valence electrons. The third-order valence-electron chi connectivity index (χ3n) is 5.72. The van der Waals surface area contributed by atoms with Crippen LogP contribution in [0.1, 0.15) is 40.3 Å². The molecule has 0 saturated heterocycles. The summed E-state index contributed by atoms with van der Waals surface area (Å²) in [5.41, 5.74) is 4.17. The Morgan fingerprint density at radius 2 is 1.86 bits per heavy atom. The monoisotopic (exact) mass is 502 g/mol. The third-order valence-corrected chi connectivity index (χ3v) is 5.72. The van der Waals surface area contributed by atoms with Gasteiger partial charge in [0.15, 0.2) is 11.5 Å². The van der Waals surface area contributed by atoms with E-state index in [0.29, 0.717) is 24.5 Å². The van der Waals surface area contributed by atoms with Gasteiger partial charge < -0.3 is 10.6 Å². The van der Waals surface area contributed by atoms with Gasteiger partial charge in [0.1, 0.15) is 5.82 Å². The molecule has 0 radical (unpaired) electrons. The minimum Gasteiger partial charge on any atom is -0.354 e. The summed E-state index contributed by atoms with van der Waals surface area (Å²) in [6, 6.07) is 11.7. The zero-order valence-corrected chi connectivity index (χ0v) is 20.6. The standard InChI is InChI=1S/C26H27FN8O2/c1-17-6-7-19(27)14-22(17)18-10-11-29-21(13-18)15-25(36)30-24-9-8-20(31-33-24)5-3-4-12-35-16-23(32-34-35)26(37)28-2/h6-11,13-14,16H,3-5,12,15H2,1-2H3,(H,28,37)(H,30,33,36). The number of nitrogens with zero attached hydrogens (tertiary/aromatic N) is 6. The number of amides is 2. The number of benzene rings is 1. The second-order valence-corrected chi connectivity index (χ2v) is 8.53. The second-order valence-electron chi connectivity index (χ2n) is 8.53. The Labute approximate surface area is 213 Å². The summed E-state index contributed by atoms with van der Waals surface area (Å²) in [4.78, 5) is 28.3. The van der Waals surface area contributed by atoms with Gasteiger partial charge in [-0.15, -0.1) is 10.2 Å². The highest BCUT2D eigenvalue weighted by molar-refractivity contribution is 5.91. The van der Waals surface area contributed by atoms with Crippen molar-refractivity contribution in [2.45, 2.75) is 39.2 Å². The maximum atomic E-state index is 13.7. The number of aromatic nitrogens is 6. The van der Waals surface area contributed by atoms with E-state index in [0.717, 1.165) is 35.2 Å². The Morgan fingerprint density at radius 1 is 1.00 bits per heavy atom. The predicted molar refractivity (Wildman–Crippen MR) is 135 cm³/mol. The topological polar surface area (TPSA) is 128 Å². The molecule has 11 heteroatoms. The first-order chi connectivity index (χ1) is 17.9. The Bertz CT molecular complexity index is 1390. The van der Waals surface area contributed by atoms with E-state index in [2.05, 4.69) is 36.1 Å². The molecule has 0 aliphatic carbocycles. The van der Waals surface area contributed by atoms with Crippen molar-refractivity contribution < 1.29 is 14.0 Å². The molecule has 2 amide bonds. The molecule has 10 nitrogen and oxygen atoms in total. The average Bonchev–Trinajstić information content (AvgIpc) is 3.37. The van der Waals surface area contributed by atoms with Crippen molar-refractivity contribution in [3.8, 4) is 11.1 Å². The molecular weight excluding hydrogens is 475 g/mol. The molecule has 3 aromatic heterocycles. The van der Waals surface area contributed by atoms with Gasteiger partial charge in [0.2, 0.25) is 5.91 Å². The molecule has 0 aliphatic heterocycles. The van der Waals surface area contributed by atoms with Gasteiger partial charge in [-0.25, -0.2) is 4.39 Å². The van der Waals surface area contributed by atoms with Gasteiger partial charge in [0, 0.05) is 19.8 Å². The maximum absolute atomic E-state index is 13.7. The average molecular weight is 503 g/mol. The van der Waals surface area contributed by atoms with Crippen LogP contribution < -0.4 is 10.6 Å². The molecule has 0 saturated carbocycles. The quantitative estimate of drug-likeness (QED) is 0.319. The van der Waals surface area contributed by atoms with E-state index in [1.807, 2.05) is 13.0 Å². The lowest BCUT2D eigenvalue weighted by atomic mass is 10.0. The second kappa shape index (κ2) is 11.9. The summed E-state index contributed by atoms with van der Waals surface area (Å²) in [7, 11) is 1.55. The molecule has 0 spiro atoms. The number of halogens is 1. The minimum atomic E-state index is -0.314. The van der Waals surface area contributed by atoms with Crippen LogP contribution in [0.3, 0.4) is 0 Å². The van der Waals surface area contributed by atoms with Crippen molar-refractivity contribution in [1.29, 1.82) is 0 Å². The predicted octanol–water partition coefficient (Wildman–Crippen LogP) is 3.14. The number of hydrogen-bond acceptors (Lipinski definition) is 7. The summed E-state index contributed by atoms with van der Waals surface area (Å²) in [5, 5.41) is 21.3. The van der Waals surface area contributed by atoms with Gasteiger partial charge in [-0.05, 0) is 79.3 Å². The lowest BCUT2D eigenvalue weighted by Gasteiger charge is -2.08. The fourth-order valence-electron chi connectivity index (χ4n) is 3.78. The largest absolute Gasteiger partial charge is 0.354 e. The summed E-state index contributed by atoms with van der Waals surface area (Å²) in [5.74, 6) is -0.496. The molecule has 0 atom stereocenters. The van der Waals surface area contributed by atoms with Crippen molar-refractivity contribution in [3.63, 3.8) is 0 Å². The molecule has 0 fully saturated rings. The highest BCUT2D eigenvalue weighted by Crippen LogP contribution is 2.24. The van der Waals surface area contributed by atoms with E-state index in [9.17, 15) is 14.0 Å². The van der Waals surface area contributed by atoms with E-state index in [1.165, 1.54) is 12.1 Å². The number of pyridine rings is 1. The first kappa shape index (κ1) is 25.5. The van der Waals surface area contributed by atoms with Gasteiger partial charge in [0.05, 0.1) is 24.0 Å². The van der Waals surface area contributed by atoms with Crippen LogP contribution in [-0.4, -0.2) is 49.0 Å². The van der Waals surface area contributed by atoms with Crippen molar-refractivity contribution in [3.05, 3.63) is 83.3 Å². The minimum absolute atomic E-state index is 0.0511. The first-order valence-electron chi connectivity index (χ1n) is 11.9. The number of nitrogens with one attached hydrogen (secondary N) is 2. The fourth-order valence-corrected chi connectivity index (χ4v) is 3.78. The Kier molecular flexibility index (Phi) is 8.24. The van der Waals surface area contributed by atoms with Crippen LogP contribution in [0.25, 0.3) is 11.1 Å². The molecule has 0 bridgehead atoms. The smallest absolute Gasteiger partial charge is 0.273 e. The normalized spacial score (nSPS) is 10.8. The van der Waals surface area contributed by atoms with Crippen LogP contribution in [0.4, 0.5) is 10.2 Å². The number of carbonyl (C=O) groups excluding carboxylic acids is 2. The van der Waals surface area contributed by atoms with Gasteiger partial charge >= 0.3 is 0 Å². The molecule has 2 N–H and O–H groups in total.